The molecule has 6 heteroatoms. The van der Waals surface area contributed by atoms with E-state index >= 15 is 0 Å². The van der Waals surface area contributed by atoms with Gasteiger partial charge in [0.2, 0.25) is 5.91 Å². The zero-order valence-electron chi connectivity index (χ0n) is 15.6. The summed E-state index contributed by atoms with van der Waals surface area (Å²) in [6.07, 6.45) is 5.87. The summed E-state index contributed by atoms with van der Waals surface area (Å²) in [5.74, 6) is 1.11. The normalized spacial score (nSPS) is 18.9. The molecule has 142 valence electrons. The van der Waals surface area contributed by atoms with Crippen molar-refractivity contribution in [2.75, 3.05) is 26.7 Å². The summed E-state index contributed by atoms with van der Waals surface area (Å²) in [6.45, 7) is 2.85. The summed E-state index contributed by atoms with van der Waals surface area (Å²) in [4.78, 5) is 31.9. The van der Waals surface area contributed by atoms with Gasteiger partial charge in [0, 0.05) is 50.4 Å². The minimum atomic E-state index is 0.0124. The Balaban J connectivity index is 1.36. The van der Waals surface area contributed by atoms with Gasteiger partial charge in [-0.2, -0.15) is 0 Å². The number of aromatic amines is 1. The first-order valence-corrected chi connectivity index (χ1v) is 9.41. The van der Waals surface area contributed by atoms with E-state index in [9.17, 15) is 9.59 Å². The first-order valence-electron chi connectivity index (χ1n) is 9.41. The highest BCUT2D eigenvalue weighted by Gasteiger charge is 2.45. The lowest BCUT2D eigenvalue weighted by molar-refractivity contribution is -0.128. The second kappa shape index (κ2) is 7.10. The van der Waals surface area contributed by atoms with E-state index in [1.54, 1.807) is 19.5 Å². The van der Waals surface area contributed by atoms with Gasteiger partial charge < -0.3 is 19.5 Å². The molecule has 2 aliphatic rings. The van der Waals surface area contributed by atoms with E-state index in [2.05, 4.69) is 4.98 Å². The summed E-state index contributed by atoms with van der Waals surface area (Å²) < 4.78 is 5.19. The highest BCUT2D eigenvalue weighted by Crippen LogP contribution is 2.41. The summed E-state index contributed by atoms with van der Waals surface area (Å²) in [7, 11) is 1.65. The zero-order valence-corrected chi connectivity index (χ0v) is 15.6. The first kappa shape index (κ1) is 17.6. The number of aromatic nitrogens is 1. The number of benzene rings is 1. The van der Waals surface area contributed by atoms with Crippen molar-refractivity contribution in [1.82, 2.24) is 14.8 Å². The lowest BCUT2D eigenvalue weighted by atomic mass is 9.77. The maximum Gasteiger partial charge on any atom is 0.255 e. The Morgan fingerprint density at radius 1 is 1.19 bits per heavy atom. The third kappa shape index (κ3) is 3.56. The smallest absolute Gasteiger partial charge is 0.255 e. The Morgan fingerprint density at radius 2 is 1.93 bits per heavy atom. The van der Waals surface area contributed by atoms with Crippen LogP contribution in [-0.4, -0.2) is 53.3 Å². The van der Waals surface area contributed by atoms with Crippen LogP contribution in [-0.2, 0) is 11.3 Å². The zero-order chi connectivity index (χ0) is 18.9. The summed E-state index contributed by atoms with van der Waals surface area (Å²) in [5, 5.41) is 0. The van der Waals surface area contributed by atoms with Crippen LogP contribution in [0.2, 0.25) is 0 Å². The molecular formula is C21H25N3O3. The molecule has 0 atom stereocenters. The average Bonchev–Trinajstić information content (AvgIpc) is 3.32. The number of hydrogen-bond acceptors (Lipinski definition) is 3. The number of ether oxygens (including phenoxy) is 1. The Kier molecular flexibility index (Phi) is 4.64. The molecule has 0 radical (unpaired) electrons. The lowest BCUT2D eigenvalue weighted by Gasteiger charge is -2.38. The topological polar surface area (TPSA) is 65.6 Å². The van der Waals surface area contributed by atoms with Gasteiger partial charge in [-0.3, -0.25) is 9.59 Å². The van der Waals surface area contributed by atoms with Crippen molar-refractivity contribution in [2.45, 2.75) is 25.8 Å². The van der Waals surface area contributed by atoms with E-state index in [-0.39, 0.29) is 17.2 Å². The maximum absolute atomic E-state index is 12.6. The van der Waals surface area contributed by atoms with Crippen LogP contribution in [0.3, 0.4) is 0 Å². The molecule has 0 aliphatic carbocycles. The van der Waals surface area contributed by atoms with E-state index in [4.69, 9.17) is 4.74 Å². The number of amides is 2. The molecule has 1 aromatic heterocycles. The number of methoxy groups -OCH3 is 1. The number of hydrogen-bond donors (Lipinski definition) is 1. The molecule has 0 saturated carbocycles. The number of carbonyl (C=O) groups excluding carboxylic acids is 2. The summed E-state index contributed by atoms with van der Waals surface area (Å²) in [5.41, 5.74) is 1.83. The monoisotopic (exact) mass is 367 g/mol. The van der Waals surface area contributed by atoms with Gasteiger partial charge >= 0.3 is 0 Å². The number of piperidine rings is 1. The molecule has 0 unspecified atom stereocenters. The molecule has 2 aromatic rings. The molecular weight excluding hydrogens is 342 g/mol. The molecule has 6 nitrogen and oxygen atoms in total. The van der Waals surface area contributed by atoms with Crippen molar-refractivity contribution in [3.05, 3.63) is 53.9 Å². The quantitative estimate of drug-likeness (QED) is 0.904. The standard InChI is InChI=1S/C21H25N3O3/c1-27-18-4-2-16(3-5-18)14-24-15-21(12-19(24)25)7-10-23(11-8-21)20(26)17-6-9-22-13-17/h2-6,9,13,22H,7-8,10-12,14-15H2,1H3. The van der Waals surface area contributed by atoms with Crippen molar-refractivity contribution < 1.29 is 14.3 Å². The number of likely N-dealkylation sites (tertiary alicyclic amines) is 2. The van der Waals surface area contributed by atoms with Gasteiger partial charge in [-0.05, 0) is 36.6 Å². The molecule has 27 heavy (non-hydrogen) atoms. The van der Waals surface area contributed by atoms with Gasteiger partial charge in [0.25, 0.3) is 5.91 Å². The molecule has 1 aromatic carbocycles. The van der Waals surface area contributed by atoms with Crippen molar-refractivity contribution >= 4 is 11.8 Å². The van der Waals surface area contributed by atoms with Crippen molar-refractivity contribution in [3.63, 3.8) is 0 Å². The average molecular weight is 367 g/mol. The lowest BCUT2D eigenvalue weighted by Crippen LogP contribution is -2.44. The van der Waals surface area contributed by atoms with Crippen LogP contribution >= 0.6 is 0 Å². The van der Waals surface area contributed by atoms with Crippen molar-refractivity contribution in [1.29, 1.82) is 0 Å². The Morgan fingerprint density at radius 3 is 2.56 bits per heavy atom. The molecule has 2 fully saturated rings. The Labute approximate surface area is 159 Å². The minimum absolute atomic E-state index is 0.0124. The number of carbonyl (C=O) groups is 2. The van der Waals surface area contributed by atoms with Gasteiger partial charge in [0.1, 0.15) is 5.75 Å². The number of H-pyrrole nitrogens is 1. The van der Waals surface area contributed by atoms with E-state index in [1.165, 1.54) is 0 Å². The van der Waals surface area contributed by atoms with Crippen LogP contribution in [0.4, 0.5) is 0 Å². The first-order chi connectivity index (χ1) is 13.1. The van der Waals surface area contributed by atoms with Gasteiger partial charge in [-0.25, -0.2) is 0 Å². The number of nitrogens with zero attached hydrogens (tertiary/aromatic N) is 2. The van der Waals surface area contributed by atoms with Gasteiger partial charge in [0.15, 0.2) is 0 Å². The molecule has 3 heterocycles. The molecule has 4 rings (SSSR count). The maximum atomic E-state index is 12.6. The largest absolute Gasteiger partial charge is 0.497 e. The van der Waals surface area contributed by atoms with Crippen LogP contribution in [0.25, 0.3) is 0 Å². The third-order valence-electron chi connectivity index (χ3n) is 5.89. The fourth-order valence-corrected chi connectivity index (χ4v) is 4.24. The summed E-state index contributed by atoms with van der Waals surface area (Å²) >= 11 is 0. The third-order valence-corrected chi connectivity index (χ3v) is 5.89. The van der Waals surface area contributed by atoms with Crippen molar-refractivity contribution in [2.24, 2.45) is 5.41 Å². The second-order valence-electron chi connectivity index (χ2n) is 7.67. The van der Waals surface area contributed by atoms with E-state index in [0.29, 0.717) is 31.6 Å². The van der Waals surface area contributed by atoms with Crippen LogP contribution in [0.5, 0.6) is 5.75 Å². The van der Waals surface area contributed by atoms with E-state index < -0.39 is 0 Å². The SMILES string of the molecule is COc1ccc(CN2CC3(CCN(C(=O)c4cc[nH]c4)CC3)CC2=O)cc1. The predicted molar refractivity (Wildman–Crippen MR) is 101 cm³/mol. The second-order valence-corrected chi connectivity index (χ2v) is 7.67. The Bertz CT molecular complexity index is 806. The van der Waals surface area contributed by atoms with Gasteiger partial charge in [-0.15, -0.1) is 0 Å². The Hall–Kier alpha value is -2.76. The van der Waals surface area contributed by atoms with Crippen LogP contribution in [0.1, 0.15) is 35.2 Å². The fraction of sp³-hybridized carbons (Fsp3) is 0.429. The number of rotatable bonds is 4. The summed E-state index contributed by atoms with van der Waals surface area (Å²) in [6, 6.07) is 9.68. The number of nitrogens with one attached hydrogen (secondary N) is 1. The highest BCUT2D eigenvalue weighted by molar-refractivity contribution is 5.94. The predicted octanol–water partition coefficient (Wildman–Crippen LogP) is 2.68. The van der Waals surface area contributed by atoms with Gasteiger partial charge in [-0.1, -0.05) is 12.1 Å². The van der Waals surface area contributed by atoms with E-state index in [1.807, 2.05) is 40.1 Å². The van der Waals surface area contributed by atoms with E-state index in [0.717, 1.165) is 30.7 Å². The molecule has 2 aliphatic heterocycles. The highest BCUT2D eigenvalue weighted by atomic mass is 16.5. The van der Waals surface area contributed by atoms with Gasteiger partial charge in [0.05, 0.1) is 12.7 Å². The molecule has 1 N–H and O–H groups in total. The molecule has 1 spiro atoms. The van der Waals surface area contributed by atoms with Crippen LogP contribution in [0, 0.1) is 5.41 Å². The van der Waals surface area contributed by atoms with Crippen molar-refractivity contribution in [3.8, 4) is 5.75 Å². The van der Waals surface area contributed by atoms with Crippen LogP contribution in [0.15, 0.2) is 42.7 Å². The fourth-order valence-electron chi connectivity index (χ4n) is 4.24. The van der Waals surface area contributed by atoms with Crippen LogP contribution < -0.4 is 4.74 Å². The minimum Gasteiger partial charge on any atom is -0.497 e. The molecule has 2 saturated heterocycles. The molecule has 2 amide bonds. The molecule has 0 bridgehead atoms.